The van der Waals surface area contributed by atoms with E-state index in [-0.39, 0.29) is 6.54 Å². The number of nitrogens with one attached hydrogen (secondary N) is 1. The van der Waals surface area contributed by atoms with E-state index in [1.807, 2.05) is 0 Å². The maximum Gasteiger partial charge on any atom is 0.325 e. The van der Waals surface area contributed by atoms with Crippen LogP contribution < -0.4 is 10.1 Å². The molecule has 1 aromatic heterocycles. The number of ether oxygens (including phenoxy) is 1. The van der Waals surface area contributed by atoms with Crippen LogP contribution in [0, 0.1) is 0 Å². The van der Waals surface area contributed by atoms with Gasteiger partial charge in [-0.2, -0.15) is 0 Å². The van der Waals surface area contributed by atoms with Crippen LogP contribution in [0.4, 0.5) is 4.79 Å². The van der Waals surface area contributed by atoms with Crippen molar-refractivity contribution in [1.29, 1.82) is 0 Å². The Balaban J connectivity index is 1.91. The topological polar surface area (TPSA) is 84.4 Å². The molecule has 3 amide bonds. The van der Waals surface area contributed by atoms with Crippen LogP contribution in [0.2, 0.25) is 5.02 Å². The molecule has 1 aliphatic rings. The lowest BCUT2D eigenvalue weighted by Gasteiger charge is -2.20. The second kappa shape index (κ2) is 6.09. The molecule has 3 rings (SSSR count). The zero-order chi connectivity index (χ0) is 17.3. The highest BCUT2D eigenvalue weighted by molar-refractivity contribution is 6.32. The number of carbonyl (C=O) groups excluding carboxylic acids is 2. The van der Waals surface area contributed by atoms with E-state index in [4.69, 9.17) is 16.3 Å². The first-order chi connectivity index (χ1) is 11.5. The van der Waals surface area contributed by atoms with Crippen LogP contribution in [0.15, 0.2) is 36.8 Å². The minimum Gasteiger partial charge on any atom is -0.495 e. The SMILES string of the molecule is COc1cccc(CN2C(=O)NC(C)(c3cnccn3)C2=O)c1Cl. The van der Waals surface area contributed by atoms with Crippen molar-refractivity contribution in [3.63, 3.8) is 0 Å². The van der Waals surface area contributed by atoms with Crippen LogP contribution in [-0.2, 0) is 16.9 Å². The standard InChI is InChI=1S/C16H15ClN4O3/c1-16(12-8-18-6-7-19-12)14(22)21(15(23)20-16)9-10-4-3-5-11(24-2)13(10)17/h3-8H,9H2,1-2H3,(H,20,23). The van der Waals surface area contributed by atoms with Gasteiger partial charge >= 0.3 is 6.03 Å². The van der Waals surface area contributed by atoms with Crippen molar-refractivity contribution in [3.8, 4) is 5.75 Å². The Morgan fingerprint density at radius 2 is 2.12 bits per heavy atom. The number of imide groups is 1. The number of hydrogen-bond donors (Lipinski definition) is 1. The Hall–Kier alpha value is -2.67. The van der Waals surface area contributed by atoms with Gasteiger partial charge in [0.1, 0.15) is 5.75 Å². The molecule has 2 heterocycles. The van der Waals surface area contributed by atoms with Gasteiger partial charge in [0.05, 0.1) is 30.6 Å². The zero-order valence-electron chi connectivity index (χ0n) is 13.1. The monoisotopic (exact) mass is 346 g/mol. The van der Waals surface area contributed by atoms with Gasteiger partial charge in [-0.25, -0.2) is 4.79 Å². The summed E-state index contributed by atoms with van der Waals surface area (Å²) in [5, 5.41) is 3.04. The van der Waals surface area contributed by atoms with E-state index < -0.39 is 17.5 Å². The molecule has 0 radical (unpaired) electrons. The molecule has 0 saturated carbocycles. The third-order valence-electron chi connectivity index (χ3n) is 3.94. The normalized spacial score (nSPS) is 20.2. The minimum absolute atomic E-state index is 0.0382. The van der Waals surface area contributed by atoms with Gasteiger partial charge in [-0.05, 0) is 18.6 Å². The van der Waals surface area contributed by atoms with Crippen LogP contribution in [0.1, 0.15) is 18.2 Å². The number of methoxy groups -OCH3 is 1. The predicted octanol–water partition coefficient (Wildman–Crippen LogP) is 2.11. The fraction of sp³-hybridized carbons (Fsp3) is 0.250. The van der Waals surface area contributed by atoms with Gasteiger partial charge in [-0.3, -0.25) is 19.7 Å². The van der Waals surface area contributed by atoms with E-state index in [1.54, 1.807) is 25.1 Å². The molecule has 1 aliphatic heterocycles. The van der Waals surface area contributed by atoms with Gasteiger partial charge in [-0.1, -0.05) is 23.7 Å². The zero-order valence-corrected chi connectivity index (χ0v) is 13.9. The summed E-state index contributed by atoms with van der Waals surface area (Å²) in [5.74, 6) is 0.0739. The van der Waals surface area contributed by atoms with Crippen molar-refractivity contribution in [2.45, 2.75) is 19.0 Å². The van der Waals surface area contributed by atoms with E-state index >= 15 is 0 Å². The van der Waals surface area contributed by atoms with Gasteiger partial charge in [-0.15, -0.1) is 0 Å². The molecule has 7 nitrogen and oxygen atoms in total. The number of benzene rings is 1. The van der Waals surface area contributed by atoms with Crippen LogP contribution in [0.5, 0.6) is 5.75 Å². The number of amides is 3. The highest BCUT2D eigenvalue weighted by Crippen LogP contribution is 2.32. The lowest BCUT2D eigenvalue weighted by atomic mass is 9.98. The number of hydrogen-bond acceptors (Lipinski definition) is 5. The Morgan fingerprint density at radius 1 is 1.33 bits per heavy atom. The van der Waals surface area contributed by atoms with Crippen LogP contribution in [0.25, 0.3) is 0 Å². The Bertz CT molecular complexity index is 799. The third kappa shape index (κ3) is 2.56. The fourth-order valence-electron chi connectivity index (χ4n) is 2.58. The summed E-state index contributed by atoms with van der Waals surface area (Å²) in [6, 6.07) is 4.69. The minimum atomic E-state index is -1.25. The Kier molecular flexibility index (Phi) is 4.11. The summed E-state index contributed by atoms with van der Waals surface area (Å²) in [6.45, 7) is 1.64. The molecule has 1 unspecified atom stereocenters. The molecular weight excluding hydrogens is 332 g/mol. The van der Waals surface area contributed by atoms with Crippen molar-refractivity contribution in [1.82, 2.24) is 20.2 Å². The van der Waals surface area contributed by atoms with Crippen LogP contribution in [-0.4, -0.2) is 33.9 Å². The quantitative estimate of drug-likeness (QED) is 0.857. The van der Waals surface area contributed by atoms with Crippen LogP contribution in [0.3, 0.4) is 0 Å². The van der Waals surface area contributed by atoms with Gasteiger partial charge in [0.15, 0.2) is 5.54 Å². The van der Waals surface area contributed by atoms with E-state index in [0.717, 1.165) is 4.90 Å². The maximum atomic E-state index is 12.8. The van der Waals surface area contributed by atoms with Crippen molar-refractivity contribution < 1.29 is 14.3 Å². The highest BCUT2D eigenvalue weighted by atomic mass is 35.5. The average Bonchev–Trinajstić information content (AvgIpc) is 2.81. The largest absolute Gasteiger partial charge is 0.495 e. The van der Waals surface area contributed by atoms with Crippen molar-refractivity contribution in [2.24, 2.45) is 0 Å². The Labute approximate surface area is 143 Å². The van der Waals surface area contributed by atoms with E-state index in [2.05, 4.69) is 15.3 Å². The van der Waals surface area contributed by atoms with Gasteiger partial charge < -0.3 is 10.1 Å². The molecule has 1 saturated heterocycles. The Morgan fingerprint density at radius 3 is 2.79 bits per heavy atom. The summed E-state index contributed by atoms with van der Waals surface area (Å²) in [7, 11) is 1.50. The molecule has 8 heteroatoms. The molecule has 1 aromatic carbocycles. The van der Waals surface area contributed by atoms with Crippen molar-refractivity contribution in [2.75, 3.05) is 7.11 Å². The average molecular weight is 347 g/mol. The number of carbonyl (C=O) groups is 2. The van der Waals surface area contributed by atoms with E-state index in [9.17, 15) is 9.59 Å². The summed E-state index contributed by atoms with van der Waals surface area (Å²) in [4.78, 5) is 34.3. The van der Waals surface area contributed by atoms with E-state index in [0.29, 0.717) is 22.0 Å². The van der Waals surface area contributed by atoms with Crippen LogP contribution >= 0.6 is 11.6 Å². The molecule has 2 aromatic rings. The third-order valence-corrected chi connectivity index (χ3v) is 4.37. The smallest absolute Gasteiger partial charge is 0.325 e. The highest BCUT2D eigenvalue weighted by Gasteiger charge is 2.50. The fourth-order valence-corrected chi connectivity index (χ4v) is 2.84. The second-order valence-electron chi connectivity index (χ2n) is 5.47. The lowest BCUT2D eigenvalue weighted by Crippen LogP contribution is -2.41. The molecule has 0 spiro atoms. The van der Waals surface area contributed by atoms with Crippen molar-refractivity contribution in [3.05, 3.63) is 53.1 Å². The number of urea groups is 1. The molecule has 0 bridgehead atoms. The summed E-state index contributed by atoms with van der Waals surface area (Å²) >= 11 is 6.25. The molecule has 1 N–H and O–H groups in total. The number of rotatable bonds is 4. The predicted molar refractivity (Wildman–Crippen MR) is 86.5 cm³/mol. The first kappa shape index (κ1) is 16.2. The molecular formula is C16H15ClN4O3. The summed E-state index contributed by atoms with van der Waals surface area (Å²) in [5.41, 5.74) is -0.262. The number of halogens is 1. The number of nitrogens with zero attached hydrogens (tertiary/aromatic N) is 3. The molecule has 24 heavy (non-hydrogen) atoms. The molecule has 124 valence electrons. The molecule has 1 fully saturated rings. The molecule has 0 aliphatic carbocycles. The first-order valence-electron chi connectivity index (χ1n) is 7.19. The van der Waals surface area contributed by atoms with Gasteiger partial charge in [0.25, 0.3) is 5.91 Å². The maximum absolute atomic E-state index is 12.8. The number of aromatic nitrogens is 2. The molecule has 1 atom stereocenters. The second-order valence-corrected chi connectivity index (χ2v) is 5.85. The van der Waals surface area contributed by atoms with Crippen molar-refractivity contribution >= 4 is 23.5 Å². The summed E-state index contributed by atoms with van der Waals surface area (Å²) in [6.07, 6.45) is 4.43. The lowest BCUT2D eigenvalue weighted by molar-refractivity contribution is -0.131. The first-order valence-corrected chi connectivity index (χ1v) is 7.57. The van der Waals surface area contributed by atoms with E-state index in [1.165, 1.54) is 25.7 Å². The van der Waals surface area contributed by atoms with Gasteiger partial charge in [0, 0.05) is 12.4 Å². The van der Waals surface area contributed by atoms with Gasteiger partial charge in [0.2, 0.25) is 0 Å². The summed E-state index contributed by atoms with van der Waals surface area (Å²) < 4.78 is 5.16.